The molecule has 0 radical (unpaired) electrons. The third-order valence-corrected chi connectivity index (χ3v) is 8.62. The Balaban J connectivity index is 4.24. The van der Waals surface area contributed by atoms with Gasteiger partial charge < -0.3 is 23.7 Å². The van der Waals surface area contributed by atoms with Gasteiger partial charge in [0.1, 0.15) is 12.6 Å². The van der Waals surface area contributed by atoms with Crippen LogP contribution in [-0.2, 0) is 18.6 Å². The van der Waals surface area contributed by atoms with Gasteiger partial charge in [-0.1, -0.05) is 97.3 Å². The summed E-state index contributed by atoms with van der Waals surface area (Å²) in [5, 5.41) is 0. The molecule has 0 aromatic rings. The quantitative estimate of drug-likeness (QED) is 0.0541. The van der Waals surface area contributed by atoms with Crippen molar-refractivity contribution in [2.75, 3.05) is 53.4 Å². The summed E-state index contributed by atoms with van der Waals surface area (Å²) in [7, 11) is 4.44. The van der Waals surface area contributed by atoms with E-state index in [4.69, 9.17) is 14.0 Å². The molecule has 0 heterocycles. The van der Waals surface area contributed by atoms with Crippen molar-refractivity contribution in [1.29, 1.82) is 0 Å². The topological polar surface area (TPSA) is 85.2 Å². The maximum absolute atomic E-state index is 11.6. The average molecular weight is 557 g/mol. The Kier molecular flexibility index (Phi) is 20.5. The predicted molar refractivity (Wildman–Crippen MR) is 153 cm³/mol. The number of hydrogen-bond acceptors (Lipinski definition) is 5. The summed E-state index contributed by atoms with van der Waals surface area (Å²) in [6.07, 6.45) is 18.2. The van der Waals surface area contributed by atoms with Gasteiger partial charge in [-0.05, 0) is 12.2 Å². The van der Waals surface area contributed by atoms with Gasteiger partial charge in [0.2, 0.25) is 0 Å². The van der Waals surface area contributed by atoms with E-state index in [1.54, 1.807) is 26.0 Å². The van der Waals surface area contributed by atoms with Crippen LogP contribution in [0.15, 0.2) is 0 Å². The zero-order chi connectivity index (χ0) is 27.5. The van der Waals surface area contributed by atoms with Crippen LogP contribution in [0.5, 0.6) is 0 Å². The summed E-state index contributed by atoms with van der Waals surface area (Å²) in [6.45, 7) is 4.58. The number of unbranched alkanes of at least 4 members (excludes halogenated alkanes) is 13. The lowest BCUT2D eigenvalue weighted by Crippen LogP contribution is -2.53. The molecule has 0 aromatic heterocycles. The van der Waals surface area contributed by atoms with Crippen molar-refractivity contribution in [3.8, 4) is 0 Å². The molecule has 0 fully saturated rings. The van der Waals surface area contributed by atoms with Crippen LogP contribution in [0.2, 0.25) is 0 Å². The van der Waals surface area contributed by atoms with Gasteiger partial charge in [0.25, 0.3) is 0 Å². The highest BCUT2D eigenvalue weighted by molar-refractivity contribution is 7.99. The lowest BCUT2D eigenvalue weighted by atomic mass is 9.94. The molecule has 36 heavy (non-hydrogen) atoms. The van der Waals surface area contributed by atoms with Gasteiger partial charge >= 0.3 is 7.82 Å². The number of hydrogen-bond donors (Lipinski definition) is 2. The summed E-state index contributed by atoms with van der Waals surface area (Å²) in [6, 6.07) is 0. The zero-order valence-electron chi connectivity index (χ0n) is 24.5. The van der Waals surface area contributed by atoms with Gasteiger partial charge in [-0.25, -0.2) is 4.57 Å². The van der Waals surface area contributed by atoms with E-state index in [1.165, 1.54) is 83.5 Å². The van der Waals surface area contributed by atoms with E-state index in [9.17, 15) is 14.4 Å². The van der Waals surface area contributed by atoms with Crippen LogP contribution in [0, 0.1) is 5.92 Å². The number of phosphoric ester groups is 1. The zero-order valence-corrected chi connectivity index (χ0v) is 26.2. The van der Waals surface area contributed by atoms with E-state index in [0.29, 0.717) is 16.8 Å². The first kappa shape index (κ1) is 36.3. The molecule has 218 valence electrons. The minimum atomic E-state index is -4.64. The van der Waals surface area contributed by atoms with Gasteiger partial charge in [-0.3, -0.25) is 4.52 Å². The molecule has 0 spiro atoms. The van der Waals surface area contributed by atoms with Crippen LogP contribution >= 0.6 is 19.6 Å². The fourth-order valence-electron chi connectivity index (χ4n) is 4.60. The SMILES string of the molecule is CCCCCCCCCCCCCCCCSCC(OC)(OC)C(C)C(C[N+](C)(C)C)OP(=O)(O)O. The predicted octanol–water partition coefficient (Wildman–Crippen LogP) is 7.01. The highest BCUT2D eigenvalue weighted by Crippen LogP contribution is 2.42. The molecule has 0 aliphatic carbocycles. The number of phosphoric acid groups is 1. The van der Waals surface area contributed by atoms with E-state index < -0.39 is 19.7 Å². The van der Waals surface area contributed by atoms with Gasteiger partial charge in [-0.2, -0.15) is 11.8 Å². The molecule has 0 bridgehead atoms. The Hall–Kier alpha value is 0.340. The highest BCUT2D eigenvalue weighted by atomic mass is 32.2. The standard InChI is InChI=1S/C27H58NO6PS/c1-8-9-10-11-12-13-14-15-16-17-18-19-20-21-22-36-24-27(32-6,33-7)25(2)26(23-28(3,4)5)34-35(29,30)31/h25-26H,8-24H2,1-7H3,(H-,29,30,31)/p+1. The molecular weight excluding hydrogens is 497 g/mol. The largest absolute Gasteiger partial charge is 0.470 e. The third kappa shape index (κ3) is 18.6. The molecule has 0 aliphatic heterocycles. The monoisotopic (exact) mass is 556 g/mol. The van der Waals surface area contributed by atoms with Crippen LogP contribution in [0.25, 0.3) is 0 Å². The van der Waals surface area contributed by atoms with E-state index in [0.717, 1.165) is 12.2 Å². The second-order valence-corrected chi connectivity index (χ2v) is 13.6. The Bertz CT molecular complexity index is 565. The first-order valence-corrected chi connectivity index (χ1v) is 16.8. The van der Waals surface area contributed by atoms with Crippen molar-refractivity contribution in [3.63, 3.8) is 0 Å². The molecule has 2 unspecified atom stereocenters. The number of ether oxygens (including phenoxy) is 2. The Morgan fingerprint density at radius 3 is 1.58 bits per heavy atom. The summed E-state index contributed by atoms with van der Waals surface area (Å²) >= 11 is 1.77. The van der Waals surface area contributed by atoms with E-state index in [2.05, 4.69) is 6.92 Å². The fraction of sp³-hybridized carbons (Fsp3) is 1.00. The normalized spacial score (nSPS) is 14.8. The average Bonchev–Trinajstić information content (AvgIpc) is 2.79. The first-order valence-electron chi connectivity index (χ1n) is 14.1. The number of quaternary nitrogens is 1. The summed E-state index contributed by atoms with van der Waals surface area (Å²) in [5.74, 6) is 0.243. The third-order valence-electron chi connectivity index (χ3n) is 6.89. The molecule has 9 heteroatoms. The van der Waals surface area contributed by atoms with Crippen LogP contribution in [-0.4, -0.2) is 79.6 Å². The summed E-state index contributed by atoms with van der Waals surface area (Å²) < 4.78 is 28.9. The van der Waals surface area contributed by atoms with E-state index >= 15 is 0 Å². The summed E-state index contributed by atoms with van der Waals surface area (Å²) in [4.78, 5) is 18.9. The fourth-order valence-corrected chi connectivity index (χ4v) is 6.54. The lowest BCUT2D eigenvalue weighted by molar-refractivity contribution is -0.874. The molecule has 0 amide bonds. The van der Waals surface area contributed by atoms with Crippen LogP contribution < -0.4 is 0 Å². The molecule has 2 atom stereocenters. The van der Waals surface area contributed by atoms with E-state index in [-0.39, 0.29) is 5.92 Å². The minimum absolute atomic E-state index is 0.374. The number of nitrogens with zero attached hydrogens (tertiary/aromatic N) is 1. The number of methoxy groups -OCH3 is 2. The summed E-state index contributed by atoms with van der Waals surface area (Å²) in [5.41, 5.74) is 0. The van der Waals surface area contributed by atoms with Crippen molar-refractivity contribution >= 4 is 19.6 Å². The molecular formula is C27H59NO6PS+. The molecule has 2 N–H and O–H groups in total. The first-order chi connectivity index (χ1) is 16.9. The van der Waals surface area contributed by atoms with Crippen LogP contribution in [0.3, 0.4) is 0 Å². The Labute approximate surface area is 227 Å². The maximum atomic E-state index is 11.6. The maximum Gasteiger partial charge on any atom is 0.470 e. The molecule has 0 aliphatic rings. The molecule has 7 nitrogen and oxygen atoms in total. The van der Waals surface area contributed by atoms with Crippen molar-refractivity contribution in [2.45, 2.75) is 116 Å². The second-order valence-electron chi connectivity index (χ2n) is 11.3. The Morgan fingerprint density at radius 1 is 0.806 bits per heavy atom. The second kappa shape index (κ2) is 20.3. The molecule has 0 saturated carbocycles. The van der Waals surface area contributed by atoms with Crippen molar-refractivity contribution in [2.24, 2.45) is 5.92 Å². The number of rotatable bonds is 25. The van der Waals surface area contributed by atoms with Gasteiger partial charge in [0.15, 0.2) is 5.79 Å². The minimum Gasteiger partial charge on any atom is -0.352 e. The number of thioether (sulfide) groups is 1. The molecule has 0 rings (SSSR count). The number of likely N-dealkylation sites (N-methyl/N-ethyl adjacent to an activating group) is 1. The van der Waals surface area contributed by atoms with Crippen molar-refractivity contribution < 1.29 is 32.8 Å². The molecule has 0 saturated heterocycles. The lowest BCUT2D eigenvalue weighted by Gasteiger charge is -2.41. The Morgan fingerprint density at radius 2 is 1.22 bits per heavy atom. The van der Waals surface area contributed by atoms with Gasteiger partial charge in [0, 0.05) is 25.9 Å². The van der Waals surface area contributed by atoms with Crippen molar-refractivity contribution in [1.82, 2.24) is 0 Å². The van der Waals surface area contributed by atoms with E-state index in [1.807, 2.05) is 28.1 Å². The van der Waals surface area contributed by atoms with Gasteiger partial charge in [0.05, 0.1) is 21.1 Å². The molecule has 0 aromatic carbocycles. The van der Waals surface area contributed by atoms with Crippen LogP contribution in [0.4, 0.5) is 0 Å². The van der Waals surface area contributed by atoms with Crippen LogP contribution in [0.1, 0.15) is 104 Å². The highest BCUT2D eigenvalue weighted by Gasteiger charge is 2.45. The van der Waals surface area contributed by atoms with Gasteiger partial charge in [-0.15, -0.1) is 0 Å². The van der Waals surface area contributed by atoms with Crippen molar-refractivity contribution in [3.05, 3.63) is 0 Å². The smallest absolute Gasteiger partial charge is 0.352 e.